The molecule has 0 atom stereocenters. The lowest BCUT2D eigenvalue weighted by atomic mass is 10.0. The van der Waals surface area contributed by atoms with E-state index in [4.69, 9.17) is 0 Å². The first-order valence-corrected chi connectivity index (χ1v) is 6.74. The predicted molar refractivity (Wildman–Crippen MR) is 77.6 cm³/mol. The van der Waals surface area contributed by atoms with E-state index in [-0.39, 0.29) is 0 Å². The second-order valence-corrected chi connectivity index (χ2v) is 5.02. The van der Waals surface area contributed by atoms with E-state index in [9.17, 15) is 4.79 Å². The van der Waals surface area contributed by atoms with Gasteiger partial charge in [0.25, 0.3) is 0 Å². The second kappa shape index (κ2) is 5.27. The Balaban J connectivity index is 1.86. The predicted octanol–water partition coefficient (Wildman–Crippen LogP) is 3.45. The van der Waals surface area contributed by atoms with E-state index < -0.39 is 0 Å². The molecule has 2 nitrogen and oxygen atoms in total. The van der Waals surface area contributed by atoms with Crippen molar-refractivity contribution in [2.45, 2.75) is 19.4 Å². The number of aryl methyl sites for hydroxylation is 1. The molecule has 3 rings (SSSR count). The van der Waals surface area contributed by atoms with Crippen LogP contribution >= 0.6 is 0 Å². The van der Waals surface area contributed by atoms with Gasteiger partial charge in [0.05, 0.1) is 0 Å². The van der Waals surface area contributed by atoms with Crippen molar-refractivity contribution in [1.29, 1.82) is 0 Å². The zero-order valence-corrected chi connectivity index (χ0v) is 10.9. The molecular weight excluding hydrogens is 234 g/mol. The van der Waals surface area contributed by atoms with E-state index in [0.29, 0.717) is 0 Å². The average Bonchev–Trinajstić information content (AvgIpc) is 2.48. The second-order valence-electron chi connectivity index (χ2n) is 5.02. The van der Waals surface area contributed by atoms with Crippen molar-refractivity contribution in [2.75, 3.05) is 11.4 Å². The largest absolute Gasteiger partial charge is 0.367 e. The van der Waals surface area contributed by atoms with Crippen LogP contribution in [0.5, 0.6) is 0 Å². The number of anilines is 1. The first kappa shape index (κ1) is 12.0. The first-order valence-electron chi connectivity index (χ1n) is 6.74. The maximum Gasteiger partial charge on any atom is 0.150 e. The maximum atomic E-state index is 10.8. The summed E-state index contributed by atoms with van der Waals surface area (Å²) in [6.45, 7) is 1.96. The Morgan fingerprint density at radius 1 is 1.11 bits per heavy atom. The molecule has 0 aromatic heterocycles. The molecular formula is C17H17NO. The van der Waals surface area contributed by atoms with Crippen molar-refractivity contribution in [2.24, 2.45) is 0 Å². The zero-order valence-electron chi connectivity index (χ0n) is 10.9. The lowest BCUT2D eigenvalue weighted by Crippen LogP contribution is -2.28. The molecule has 2 heteroatoms. The molecule has 1 heterocycles. The summed E-state index contributed by atoms with van der Waals surface area (Å²) in [5.74, 6) is 0. The average molecular weight is 251 g/mol. The Morgan fingerprint density at radius 3 is 2.89 bits per heavy atom. The van der Waals surface area contributed by atoms with Gasteiger partial charge < -0.3 is 4.90 Å². The standard InChI is InChI=1S/C17H17NO/c19-13-15-6-3-5-14(11-15)12-18-10-4-8-16-7-1-2-9-17(16)18/h1-3,5-7,9,11,13H,4,8,10,12H2. The van der Waals surface area contributed by atoms with Crippen LogP contribution in [0.3, 0.4) is 0 Å². The Kier molecular flexibility index (Phi) is 3.32. The van der Waals surface area contributed by atoms with Gasteiger partial charge in [0.2, 0.25) is 0 Å². The quantitative estimate of drug-likeness (QED) is 0.779. The fraction of sp³-hybridized carbons (Fsp3) is 0.235. The third kappa shape index (κ3) is 2.53. The Hall–Kier alpha value is -2.09. The third-order valence-electron chi connectivity index (χ3n) is 3.67. The molecule has 2 aromatic carbocycles. The summed E-state index contributed by atoms with van der Waals surface area (Å²) in [7, 11) is 0. The molecule has 96 valence electrons. The van der Waals surface area contributed by atoms with Gasteiger partial charge in [0.15, 0.2) is 0 Å². The summed E-state index contributed by atoms with van der Waals surface area (Å²) >= 11 is 0. The number of aldehydes is 1. The van der Waals surface area contributed by atoms with Crippen LogP contribution in [0.1, 0.15) is 27.9 Å². The fourth-order valence-electron chi connectivity index (χ4n) is 2.76. The van der Waals surface area contributed by atoms with Crippen molar-refractivity contribution >= 4 is 12.0 Å². The van der Waals surface area contributed by atoms with Gasteiger partial charge in [-0.2, -0.15) is 0 Å². The lowest BCUT2D eigenvalue weighted by Gasteiger charge is -2.31. The van der Waals surface area contributed by atoms with Crippen molar-refractivity contribution < 1.29 is 4.79 Å². The summed E-state index contributed by atoms with van der Waals surface area (Å²) in [4.78, 5) is 13.2. The van der Waals surface area contributed by atoms with Gasteiger partial charge in [0, 0.05) is 24.3 Å². The normalized spacial score (nSPS) is 14.0. The van der Waals surface area contributed by atoms with Crippen LogP contribution in [0, 0.1) is 0 Å². The molecule has 0 fully saturated rings. The third-order valence-corrected chi connectivity index (χ3v) is 3.67. The fourth-order valence-corrected chi connectivity index (χ4v) is 2.76. The van der Waals surface area contributed by atoms with Crippen LogP contribution in [-0.4, -0.2) is 12.8 Å². The smallest absolute Gasteiger partial charge is 0.150 e. The number of para-hydroxylation sites is 1. The highest BCUT2D eigenvalue weighted by Crippen LogP contribution is 2.28. The van der Waals surface area contributed by atoms with Gasteiger partial charge in [0.1, 0.15) is 6.29 Å². The van der Waals surface area contributed by atoms with Crippen molar-refractivity contribution in [3.8, 4) is 0 Å². The summed E-state index contributed by atoms with van der Waals surface area (Å²) in [5.41, 5.74) is 4.72. The number of fused-ring (bicyclic) bond motifs is 1. The lowest BCUT2D eigenvalue weighted by molar-refractivity contribution is 0.112. The van der Waals surface area contributed by atoms with Crippen LogP contribution in [0.2, 0.25) is 0 Å². The number of hydrogen-bond acceptors (Lipinski definition) is 2. The molecule has 0 amide bonds. The molecule has 0 spiro atoms. The molecule has 0 unspecified atom stereocenters. The van der Waals surface area contributed by atoms with Crippen LogP contribution < -0.4 is 4.90 Å². The van der Waals surface area contributed by atoms with Gasteiger partial charge in [-0.1, -0.05) is 36.4 Å². The molecule has 0 aliphatic carbocycles. The summed E-state index contributed by atoms with van der Waals surface area (Å²) in [5, 5.41) is 0. The van der Waals surface area contributed by atoms with E-state index in [1.165, 1.54) is 29.7 Å². The molecule has 0 radical (unpaired) electrons. The molecule has 19 heavy (non-hydrogen) atoms. The number of benzene rings is 2. The number of hydrogen-bond donors (Lipinski definition) is 0. The van der Waals surface area contributed by atoms with Gasteiger partial charge in [-0.3, -0.25) is 4.79 Å². The molecule has 1 aliphatic rings. The summed E-state index contributed by atoms with van der Waals surface area (Å²) < 4.78 is 0. The highest BCUT2D eigenvalue weighted by molar-refractivity contribution is 5.75. The topological polar surface area (TPSA) is 20.3 Å². The Labute approximate surface area is 113 Å². The highest BCUT2D eigenvalue weighted by atomic mass is 16.1. The van der Waals surface area contributed by atoms with Gasteiger partial charge in [-0.25, -0.2) is 0 Å². The minimum Gasteiger partial charge on any atom is -0.367 e. The number of carbonyl (C=O) groups is 1. The molecule has 1 aliphatic heterocycles. The highest BCUT2D eigenvalue weighted by Gasteiger charge is 2.16. The van der Waals surface area contributed by atoms with Crippen molar-refractivity contribution in [1.82, 2.24) is 0 Å². The van der Waals surface area contributed by atoms with Crippen LogP contribution in [0.4, 0.5) is 5.69 Å². The maximum absolute atomic E-state index is 10.8. The minimum atomic E-state index is 0.753. The Bertz CT molecular complexity index is 591. The minimum absolute atomic E-state index is 0.753. The van der Waals surface area contributed by atoms with Gasteiger partial charge >= 0.3 is 0 Å². The zero-order chi connectivity index (χ0) is 13.1. The van der Waals surface area contributed by atoms with E-state index in [2.05, 4.69) is 35.2 Å². The van der Waals surface area contributed by atoms with E-state index >= 15 is 0 Å². The van der Waals surface area contributed by atoms with Crippen LogP contribution in [0.25, 0.3) is 0 Å². The molecule has 0 saturated carbocycles. The van der Waals surface area contributed by atoms with E-state index in [1.807, 2.05) is 18.2 Å². The van der Waals surface area contributed by atoms with E-state index in [0.717, 1.165) is 24.9 Å². The monoisotopic (exact) mass is 251 g/mol. The summed E-state index contributed by atoms with van der Waals surface area (Å²) in [6.07, 6.45) is 3.28. The molecule has 0 N–H and O–H groups in total. The van der Waals surface area contributed by atoms with Crippen LogP contribution in [0.15, 0.2) is 48.5 Å². The van der Waals surface area contributed by atoms with Crippen molar-refractivity contribution in [3.63, 3.8) is 0 Å². The van der Waals surface area contributed by atoms with E-state index in [1.54, 1.807) is 0 Å². The number of rotatable bonds is 3. The van der Waals surface area contributed by atoms with Gasteiger partial charge in [-0.15, -0.1) is 0 Å². The molecule has 2 aromatic rings. The Morgan fingerprint density at radius 2 is 2.00 bits per heavy atom. The number of carbonyl (C=O) groups excluding carboxylic acids is 1. The first-order chi connectivity index (χ1) is 9.36. The van der Waals surface area contributed by atoms with Crippen molar-refractivity contribution in [3.05, 3.63) is 65.2 Å². The molecule has 0 saturated heterocycles. The van der Waals surface area contributed by atoms with Crippen LogP contribution in [-0.2, 0) is 13.0 Å². The van der Waals surface area contributed by atoms with Gasteiger partial charge in [-0.05, 0) is 36.1 Å². The number of nitrogens with zero attached hydrogens (tertiary/aromatic N) is 1. The summed E-state index contributed by atoms with van der Waals surface area (Å²) in [6, 6.07) is 16.5. The SMILES string of the molecule is O=Cc1cccc(CN2CCCc3ccccc32)c1. The molecule has 0 bridgehead atoms.